The van der Waals surface area contributed by atoms with Gasteiger partial charge in [0.1, 0.15) is 15.6 Å². The van der Waals surface area contributed by atoms with Crippen LogP contribution in [0.3, 0.4) is 0 Å². The molecule has 0 aliphatic heterocycles. The predicted molar refractivity (Wildman–Crippen MR) is 115 cm³/mol. The summed E-state index contributed by atoms with van der Waals surface area (Å²) in [6, 6.07) is 3.97. The summed E-state index contributed by atoms with van der Waals surface area (Å²) < 4.78 is 68.1. The number of aromatic nitrogens is 6. The molecule has 4 rings (SSSR count). The van der Waals surface area contributed by atoms with Crippen LogP contribution >= 0.6 is 0 Å². The van der Waals surface area contributed by atoms with E-state index < -0.39 is 41.7 Å². The molecule has 2 heterocycles. The number of halogens is 1. The molecule has 2 aromatic carbocycles. The Kier molecular flexibility index (Phi) is 5.71. The Morgan fingerprint density at radius 2 is 1.94 bits per heavy atom. The average Bonchev–Trinajstić information content (AvgIpc) is 3.43. The van der Waals surface area contributed by atoms with Crippen molar-refractivity contribution in [1.29, 1.82) is 0 Å². The van der Waals surface area contributed by atoms with Gasteiger partial charge in [0.2, 0.25) is 25.9 Å². The highest BCUT2D eigenvalue weighted by Gasteiger charge is 2.33. The van der Waals surface area contributed by atoms with Crippen LogP contribution in [-0.2, 0) is 20.0 Å². The first-order valence-electron chi connectivity index (χ1n) is 9.32. The number of nitrogens with zero attached hydrogens (tertiary/aromatic N) is 4. The van der Waals surface area contributed by atoms with E-state index in [1.807, 2.05) is 0 Å². The molecular formula is C17H18FN9O4S2. The molecule has 13 nitrogen and oxygen atoms in total. The summed E-state index contributed by atoms with van der Waals surface area (Å²) in [5.74, 6) is -0.918. The highest BCUT2D eigenvalue weighted by molar-refractivity contribution is 7.92. The van der Waals surface area contributed by atoms with E-state index in [0.717, 1.165) is 12.1 Å². The minimum absolute atomic E-state index is 0.0415. The first-order chi connectivity index (χ1) is 15.5. The summed E-state index contributed by atoms with van der Waals surface area (Å²) >= 11 is 0. The highest BCUT2D eigenvalue weighted by atomic mass is 32.2. The summed E-state index contributed by atoms with van der Waals surface area (Å²) in [6.07, 6.45) is 1.33. The maximum Gasteiger partial charge on any atom is 0.242 e. The number of nitrogens with one attached hydrogen (secondary N) is 3. The van der Waals surface area contributed by atoms with Crippen LogP contribution in [0.2, 0.25) is 0 Å². The molecular weight excluding hydrogens is 477 g/mol. The van der Waals surface area contributed by atoms with E-state index in [4.69, 9.17) is 10.9 Å². The SMILES string of the molecule is C[C@H](CN)NS(=O)(=O)c1ccc(-c2cc(F)cc3[nH]cnc23)c(-c2nn[nH]n2)c1S(N)(=O)=O. The fourth-order valence-electron chi connectivity index (χ4n) is 3.37. The third-order valence-corrected chi connectivity index (χ3v) is 7.51. The number of hydrogen-bond donors (Lipinski definition) is 5. The van der Waals surface area contributed by atoms with E-state index >= 15 is 0 Å². The molecule has 7 N–H and O–H groups in total. The van der Waals surface area contributed by atoms with Crippen molar-refractivity contribution in [3.05, 3.63) is 36.4 Å². The number of aromatic amines is 2. The van der Waals surface area contributed by atoms with Crippen molar-refractivity contribution < 1.29 is 21.2 Å². The monoisotopic (exact) mass is 495 g/mol. The largest absolute Gasteiger partial charge is 0.344 e. The van der Waals surface area contributed by atoms with Gasteiger partial charge in [0.15, 0.2) is 0 Å². The van der Waals surface area contributed by atoms with E-state index in [1.54, 1.807) is 0 Å². The minimum atomic E-state index is -4.69. The number of rotatable bonds is 7. The van der Waals surface area contributed by atoms with Gasteiger partial charge in [-0.15, -0.1) is 10.2 Å². The third kappa shape index (κ3) is 4.21. The van der Waals surface area contributed by atoms with E-state index in [2.05, 4.69) is 35.3 Å². The van der Waals surface area contributed by atoms with Gasteiger partial charge in [0.25, 0.3) is 0 Å². The van der Waals surface area contributed by atoms with Gasteiger partial charge >= 0.3 is 0 Å². The third-order valence-electron chi connectivity index (χ3n) is 4.75. The molecule has 0 fully saturated rings. The lowest BCUT2D eigenvalue weighted by Gasteiger charge is -2.18. The zero-order chi connectivity index (χ0) is 24.0. The van der Waals surface area contributed by atoms with E-state index in [0.29, 0.717) is 11.0 Å². The number of benzene rings is 2. The maximum atomic E-state index is 14.4. The maximum absolute atomic E-state index is 14.4. The second kappa shape index (κ2) is 8.23. The molecule has 0 bridgehead atoms. The van der Waals surface area contributed by atoms with Crippen molar-refractivity contribution in [2.24, 2.45) is 10.9 Å². The minimum Gasteiger partial charge on any atom is -0.344 e. The number of hydrogen-bond acceptors (Lipinski definition) is 9. The van der Waals surface area contributed by atoms with Crippen LogP contribution < -0.4 is 15.6 Å². The molecule has 0 aliphatic carbocycles. The topological polar surface area (TPSA) is 215 Å². The number of nitrogens with two attached hydrogens (primary N) is 2. The molecule has 0 aliphatic rings. The number of imidazole rings is 1. The van der Waals surface area contributed by atoms with Crippen LogP contribution in [0, 0.1) is 5.82 Å². The lowest BCUT2D eigenvalue weighted by Crippen LogP contribution is -2.38. The van der Waals surface area contributed by atoms with Gasteiger partial charge in [0.05, 0.1) is 22.9 Å². The predicted octanol–water partition coefficient (Wildman–Crippen LogP) is -0.178. The standard InChI is InChI=1S/C17H18FN9O4S2/c1-8(6-19)25-33(30,31)13-3-2-10(11-4-9(18)5-12-15(11)22-7-21-12)14(16(13)32(20,28)29)17-23-26-27-24-17/h2-5,7-8,25H,6,19H2,1H3,(H,21,22)(H2,20,28,29)(H,23,24,26,27)/t8-/m1/s1. The van der Waals surface area contributed by atoms with E-state index in [1.165, 1.54) is 25.4 Å². The van der Waals surface area contributed by atoms with Crippen molar-refractivity contribution >= 4 is 31.1 Å². The summed E-state index contributed by atoms with van der Waals surface area (Å²) in [7, 11) is -9.10. The Labute approximate surface area is 186 Å². The van der Waals surface area contributed by atoms with Crippen molar-refractivity contribution in [3.63, 3.8) is 0 Å². The molecule has 16 heteroatoms. The van der Waals surface area contributed by atoms with Crippen molar-refractivity contribution in [1.82, 2.24) is 35.3 Å². The summed E-state index contributed by atoms with van der Waals surface area (Å²) in [6.45, 7) is 1.46. The number of sulfonamides is 2. The van der Waals surface area contributed by atoms with Gasteiger partial charge in [0, 0.05) is 18.2 Å². The van der Waals surface area contributed by atoms with Gasteiger partial charge in [-0.05, 0) is 35.9 Å². The zero-order valence-corrected chi connectivity index (χ0v) is 18.6. The molecule has 0 saturated carbocycles. The summed E-state index contributed by atoms with van der Waals surface area (Å²) in [4.78, 5) is 5.50. The molecule has 33 heavy (non-hydrogen) atoms. The second-order valence-electron chi connectivity index (χ2n) is 7.11. The van der Waals surface area contributed by atoms with Crippen molar-refractivity contribution in [3.8, 4) is 22.5 Å². The Hall–Kier alpha value is -3.31. The molecule has 1 atom stereocenters. The zero-order valence-electron chi connectivity index (χ0n) is 16.9. The molecule has 2 aromatic heterocycles. The Morgan fingerprint density at radius 1 is 1.18 bits per heavy atom. The first-order valence-corrected chi connectivity index (χ1v) is 12.3. The van der Waals surface area contributed by atoms with Crippen LogP contribution in [0.4, 0.5) is 4.39 Å². The van der Waals surface area contributed by atoms with Crippen molar-refractivity contribution in [2.45, 2.75) is 22.8 Å². The van der Waals surface area contributed by atoms with Crippen molar-refractivity contribution in [2.75, 3.05) is 6.54 Å². The molecule has 0 saturated heterocycles. The van der Waals surface area contributed by atoms with E-state index in [9.17, 15) is 21.2 Å². The van der Waals surface area contributed by atoms with Gasteiger partial charge in [-0.1, -0.05) is 6.07 Å². The molecule has 4 aromatic rings. The lowest BCUT2D eigenvalue weighted by molar-refractivity contribution is 0.557. The Balaban J connectivity index is 2.14. The summed E-state index contributed by atoms with van der Waals surface area (Å²) in [5.41, 5.74) is 6.07. The fraction of sp³-hybridized carbons (Fsp3) is 0.176. The average molecular weight is 496 g/mol. The van der Waals surface area contributed by atoms with Crippen LogP contribution in [-0.4, -0.2) is 60.0 Å². The number of tetrazole rings is 1. The molecule has 0 unspecified atom stereocenters. The van der Waals surface area contributed by atoms with Gasteiger partial charge < -0.3 is 10.7 Å². The highest BCUT2D eigenvalue weighted by Crippen LogP contribution is 2.40. The van der Waals surface area contributed by atoms with Gasteiger partial charge in [-0.25, -0.2) is 36.1 Å². The molecule has 0 spiro atoms. The van der Waals surface area contributed by atoms with Crippen LogP contribution in [0.25, 0.3) is 33.5 Å². The fourth-order valence-corrected chi connectivity index (χ4v) is 6.23. The molecule has 0 amide bonds. The van der Waals surface area contributed by atoms with Crippen LogP contribution in [0.5, 0.6) is 0 Å². The normalized spacial score (nSPS) is 13.5. The molecule has 0 radical (unpaired) electrons. The van der Waals surface area contributed by atoms with Crippen LogP contribution in [0.1, 0.15) is 6.92 Å². The quantitative estimate of drug-likeness (QED) is 0.229. The number of fused-ring (bicyclic) bond motifs is 1. The molecule has 174 valence electrons. The van der Waals surface area contributed by atoms with Gasteiger partial charge in [-0.2, -0.15) is 5.21 Å². The lowest BCUT2D eigenvalue weighted by atomic mass is 9.97. The second-order valence-corrected chi connectivity index (χ2v) is 10.3. The Bertz CT molecular complexity index is 1550. The van der Waals surface area contributed by atoms with E-state index in [-0.39, 0.29) is 29.1 Å². The Morgan fingerprint density at radius 3 is 2.58 bits per heavy atom. The summed E-state index contributed by atoms with van der Waals surface area (Å²) in [5, 5.41) is 18.7. The number of primary sulfonamides is 1. The van der Waals surface area contributed by atoms with Gasteiger partial charge in [-0.3, -0.25) is 0 Å². The first kappa shape index (κ1) is 22.9. The number of H-pyrrole nitrogens is 2. The van der Waals surface area contributed by atoms with Crippen LogP contribution in [0.15, 0.2) is 40.4 Å². The smallest absolute Gasteiger partial charge is 0.242 e.